The van der Waals surface area contributed by atoms with Crippen LogP contribution in [0.15, 0.2) is 57.9 Å². The lowest BCUT2D eigenvalue weighted by atomic mass is 9.98. The van der Waals surface area contributed by atoms with E-state index in [1.165, 1.54) is 6.92 Å². The number of aliphatic hydroxyl groups excluding tert-OH is 4. The fourth-order valence-corrected chi connectivity index (χ4v) is 6.14. The number of hydrogen-bond donors (Lipinski definition) is 5. The van der Waals surface area contributed by atoms with Crippen LogP contribution in [0, 0.1) is 11.3 Å². The summed E-state index contributed by atoms with van der Waals surface area (Å²) in [4.78, 5) is 1.56. The lowest BCUT2D eigenvalue weighted by Crippen LogP contribution is -2.64. The maximum atomic E-state index is 13.1. The molecule has 2 aromatic carbocycles. The number of benzene rings is 2. The molecule has 4 rings (SSSR count). The Morgan fingerprint density at radius 3 is 2.35 bits per heavy atom. The van der Waals surface area contributed by atoms with Gasteiger partial charge in [0.05, 0.1) is 6.61 Å². The van der Waals surface area contributed by atoms with Crippen molar-refractivity contribution in [1.29, 1.82) is 5.26 Å². The van der Waals surface area contributed by atoms with E-state index < -0.39 is 52.2 Å². The minimum absolute atomic E-state index is 0.000365. The van der Waals surface area contributed by atoms with Crippen molar-refractivity contribution in [1.82, 2.24) is 4.72 Å². The standard InChI is InChI=1S/C28H33N3O8S/c1-4-31(5-2)20-9-8-17-12-19(7-6-18(17)13-20)22-11-10-21(38-22)16(3)24(14-29)40(36,37)30-25-27(34)26(33)23(15-32)39-28(25)35/h6-13,23,25-28,30,32-35H,4-5,15H2,1-3H3/b24-16+/t23-,25-,26-,27-,28?/m1/s1. The molecule has 214 valence electrons. The first-order valence-electron chi connectivity index (χ1n) is 12.9. The second kappa shape index (κ2) is 12.1. The zero-order chi connectivity index (χ0) is 29.2. The van der Waals surface area contributed by atoms with Gasteiger partial charge in [-0.25, -0.2) is 8.42 Å². The van der Waals surface area contributed by atoms with Gasteiger partial charge >= 0.3 is 0 Å². The molecule has 5 N–H and O–H groups in total. The number of ether oxygens (including phenoxy) is 1. The monoisotopic (exact) mass is 571 g/mol. The van der Waals surface area contributed by atoms with Gasteiger partial charge in [0.2, 0.25) is 0 Å². The van der Waals surface area contributed by atoms with Gasteiger partial charge in [-0.15, -0.1) is 0 Å². The fraction of sp³-hybridized carbons (Fsp3) is 0.393. The Balaban J connectivity index is 1.60. The van der Waals surface area contributed by atoms with Crippen molar-refractivity contribution in [2.45, 2.75) is 51.4 Å². The normalized spacial score (nSPS) is 24.0. The Kier molecular flexibility index (Phi) is 8.96. The molecular formula is C28H33N3O8S. The number of rotatable bonds is 9. The third-order valence-corrected chi connectivity index (χ3v) is 8.63. The molecule has 0 radical (unpaired) electrons. The number of allylic oxidation sites excluding steroid dienone is 2. The van der Waals surface area contributed by atoms with Gasteiger partial charge in [-0.05, 0) is 61.9 Å². The number of anilines is 1. The molecular weight excluding hydrogens is 538 g/mol. The van der Waals surface area contributed by atoms with E-state index in [2.05, 4.69) is 30.9 Å². The third kappa shape index (κ3) is 5.77. The molecule has 1 fully saturated rings. The van der Waals surface area contributed by atoms with Gasteiger partial charge in [-0.3, -0.25) is 0 Å². The second-order valence-corrected chi connectivity index (χ2v) is 11.2. The highest BCUT2D eigenvalue weighted by atomic mass is 32.2. The average Bonchev–Trinajstić information content (AvgIpc) is 3.44. The van der Waals surface area contributed by atoms with E-state index in [4.69, 9.17) is 9.15 Å². The van der Waals surface area contributed by atoms with Crippen molar-refractivity contribution >= 4 is 32.1 Å². The molecule has 0 aliphatic carbocycles. The molecule has 12 heteroatoms. The molecule has 1 aliphatic heterocycles. The van der Waals surface area contributed by atoms with Crippen LogP contribution in [-0.4, -0.2) is 79.2 Å². The maximum Gasteiger partial charge on any atom is 0.251 e. The van der Waals surface area contributed by atoms with Crippen LogP contribution in [0.4, 0.5) is 5.69 Å². The van der Waals surface area contributed by atoms with Gasteiger partial charge in [0.25, 0.3) is 10.0 Å². The Hall–Kier alpha value is -3.28. The van der Waals surface area contributed by atoms with Crippen LogP contribution in [0.2, 0.25) is 0 Å². The molecule has 3 aromatic rings. The predicted molar refractivity (Wildman–Crippen MR) is 149 cm³/mol. The first-order chi connectivity index (χ1) is 19.0. The lowest BCUT2D eigenvalue weighted by molar-refractivity contribution is -0.251. The lowest BCUT2D eigenvalue weighted by Gasteiger charge is -2.40. The Bertz CT molecular complexity index is 1540. The number of aliphatic hydroxyl groups is 4. The van der Waals surface area contributed by atoms with Gasteiger partial charge in [0.15, 0.2) is 11.2 Å². The van der Waals surface area contributed by atoms with E-state index in [1.54, 1.807) is 18.2 Å². The summed E-state index contributed by atoms with van der Waals surface area (Å²) in [5.41, 5.74) is 1.90. The molecule has 11 nitrogen and oxygen atoms in total. The van der Waals surface area contributed by atoms with Gasteiger partial charge in [-0.2, -0.15) is 9.98 Å². The zero-order valence-corrected chi connectivity index (χ0v) is 23.2. The molecule has 2 heterocycles. The van der Waals surface area contributed by atoms with Crippen molar-refractivity contribution in [3.8, 4) is 17.4 Å². The summed E-state index contributed by atoms with van der Waals surface area (Å²) < 4.78 is 39.1. The Labute approximate surface area is 232 Å². The third-order valence-electron chi connectivity index (χ3n) is 7.11. The van der Waals surface area contributed by atoms with Crippen LogP contribution in [0.25, 0.3) is 27.7 Å². The quantitative estimate of drug-likeness (QED) is 0.239. The van der Waals surface area contributed by atoms with Crippen molar-refractivity contribution < 1.29 is 38.0 Å². The van der Waals surface area contributed by atoms with E-state index >= 15 is 0 Å². The topological polar surface area (TPSA) is 176 Å². The van der Waals surface area contributed by atoms with E-state index in [9.17, 15) is 34.1 Å². The SMILES string of the molecule is CCN(CC)c1ccc2cc(-c3ccc(/C(C)=C(\C#N)S(=O)(=O)N[C@H]4C(O)O[C@H](CO)[C@@H](O)[C@@H]4O)o3)ccc2c1. The second-order valence-electron chi connectivity index (χ2n) is 9.52. The molecule has 40 heavy (non-hydrogen) atoms. The van der Waals surface area contributed by atoms with Crippen LogP contribution in [0.5, 0.6) is 0 Å². The van der Waals surface area contributed by atoms with Gasteiger partial charge in [-0.1, -0.05) is 18.2 Å². The van der Waals surface area contributed by atoms with E-state index in [-0.39, 0.29) is 11.3 Å². The maximum absolute atomic E-state index is 13.1. The van der Waals surface area contributed by atoms with Crippen LogP contribution in [0.1, 0.15) is 26.5 Å². The zero-order valence-electron chi connectivity index (χ0n) is 22.4. The van der Waals surface area contributed by atoms with E-state index in [0.717, 1.165) is 35.1 Å². The van der Waals surface area contributed by atoms with Crippen LogP contribution in [0.3, 0.4) is 0 Å². The average molecular weight is 572 g/mol. The first kappa shape index (κ1) is 29.7. The summed E-state index contributed by atoms with van der Waals surface area (Å²) in [5.74, 6) is 0.603. The molecule has 1 unspecified atom stereocenters. The van der Waals surface area contributed by atoms with Crippen LogP contribution < -0.4 is 9.62 Å². The van der Waals surface area contributed by atoms with Gasteiger partial charge in [0.1, 0.15) is 41.9 Å². The summed E-state index contributed by atoms with van der Waals surface area (Å²) >= 11 is 0. The number of furan rings is 1. The number of fused-ring (bicyclic) bond motifs is 1. The molecule has 1 saturated heterocycles. The van der Waals surface area contributed by atoms with E-state index in [0.29, 0.717) is 5.76 Å². The number of sulfonamides is 1. The summed E-state index contributed by atoms with van der Waals surface area (Å²) in [6.07, 6.45) is -6.66. The highest BCUT2D eigenvalue weighted by Crippen LogP contribution is 2.32. The molecule has 0 spiro atoms. The van der Waals surface area contributed by atoms with Crippen molar-refractivity contribution in [2.75, 3.05) is 24.6 Å². The number of nitriles is 1. The summed E-state index contributed by atoms with van der Waals surface area (Å²) in [6.45, 7) is 6.72. The van der Waals surface area contributed by atoms with Crippen molar-refractivity contribution in [3.63, 3.8) is 0 Å². The largest absolute Gasteiger partial charge is 0.456 e. The number of hydrogen-bond acceptors (Lipinski definition) is 10. The van der Waals surface area contributed by atoms with Crippen LogP contribution in [-0.2, 0) is 14.8 Å². The number of nitrogens with one attached hydrogen (secondary N) is 1. The fourth-order valence-electron chi connectivity index (χ4n) is 4.79. The van der Waals surface area contributed by atoms with Crippen molar-refractivity contribution in [3.05, 3.63) is 59.2 Å². The van der Waals surface area contributed by atoms with Crippen molar-refractivity contribution in [2.24, 2.45) is 0 Å². The number of nitrogens with zero attached hydrogens (tertiary/aromatic N) is 2. The molecule has 1 aliphatic rings. The highest BCUT2D eigenvalue weighted by Gasteiger charge is 2.45. The van der Waals surface area contributed by atoms with Crippen LogP contribution >= 0.6 is 0 Å². The first-order valence-corrected chi connectivity index (χ1v) is 14.4. The molecule has 0 bridgehead atoms. The molecule has 5 atom stereocenters. The summed E-state index contributed by atoms with van der Waals surface area (Å²) in [6, 6.07) is 15.2. The van der Waals surface area contributed by atoms with Gasteiger partial charge < -0.3 is 34.5 Å². The highest BCUT2D eigenvalue weighted by molar-refractivity contribution is 7.93. The molecule has 1 aromatic heterocycles. The Morgan fingerprint density at radius 2 is 1.70 bits per heavy atom. The van der Waals surface area contributed by atoms with Gasteiger partial charge in [0, 0.05) is 29.9 Å². The smallest absolute Gasteiger partial charge is 0.251 e. The summed E-state index contributed by atoms with van der Waals surface area (Å²) in [7, 11) is -4.60. The minimum Gasteiger partial charge on any atom is -0.456 e. The summed E-state index contributed by atoms with van der Waals surface area (Å²) in [5, 5.41) is 51.5. The van der Waals surface area contributed by atoms with E-state index in [1.807, 2.05) is 29.0 Å². The molecule has 0 saturated carbocycles. The molecule has 0 amide bonds. The minimum atomic E-state index is -4.60. The Morgan fingerprint density at radius 1 is 1.02 bits per heavy atom. The predicted octanol–water partition coefficient (Wildman–Crippen LogP) is 1.92.